The second-order valence-corrected chi connectivity index (χ2v) is 4.34. The maximum atomic E-state index is 11.1. The van der Waals surface area contributed by atoms with Crippen LogP contribution in [0.5, 0.6) is 0 Å². The van der Waals surface area contributed by atoms with E-state index in [0.29, 0.717) is 11.5 Å². The first-order valence-corrected chi connectivity index (χ1v) is 5.21. The van der Waals surface area contributed by atoms with E-state index in [4.69, 9.17) is 11.5 Å². The number of rotatable bonds is 3. The first-order valence-electron chi connectivity index (χ1n) is 5.21. The average molecular weight is 204 g/mol. The van der Waals surface area contributed by atoms with Crippen molar-refractivity contribution in [1.82, 2.24) is 0 Å². The SMILES string of the molecule is CC(=O)c1ccc(C(N)(N)C2CC2)cc1. The van der Waals surface area contributed by atoms with E-state index in [2.05, 4.69) is 0 Å². The van der Waals surface area contributed by atoms with E-state index < -0.39 is 5.66 Å². The second kappa shape index (κ2) is 3.43. The van der Waals surface area contributed by atoms with Crippen molar-refractivity contribution in [2.75, 3.05) is 0 Å². The van der Waals surface area contributed by atoms with Crippen molar-refractivity contribution >= 4 is 5.78 Å². The monoisotopic (exact) mass is 204 g/mol. The van der Waals surface area contributed by atoms with Crippen LogP contribution in [0.3, 0.4) is 0 Å². The van der Waals surface area contributed by atoms with Crippen LogP contribution in [-0.2, 0) is 5.66 Å². The van der Waals surface area contributed by atoms with Gasteiger partial charge in [-0.1, -0.05) is 24.3 Å². The van der Waals surface area contributed by atoms with Gasteiger partial charge in [0.1, 0.15) is 0 Å². The van der Waals surface area contributed by atoms with Crippen molar-refractivity contribution < 1.29 is 4.79 Å². The normalized spacial score (nSPS) is 16.5. The number of nitrogens with two attached hydrogens (primary N) is 2. The van der Waals surface area contributed by atoms with E-state index in [9.17, 15) is 4.79 Å². The summed E-state index contributed by atoms with van der Waals surface area (Å²) in [5.74, 6) is 0.452. The molecular weight excluding hydrogens is 188 g/mol. The third kappa shape index (κ3) is 1.94. The molecule has 4 N–H and O–H groups in total. The van der Waals surface area contributed by atoms with Crippen LogP contribution in [0.4, 0.5) is 0 Å². The molecule has 1 aliphatic rings. The quantitative estimate of drug-likeness (QED) is 0.577. The van der Waals surface area contributed by atoms with Gasteiger partial charge < -0.3 is 11.5 Å². The molecule has 0 heterocycles. The molecule has 1 fully saturated rings. The Hall–Kier alpha value is -1.19. The van der Waals surface area contributed by atoms with Crippen LogP contribution in [0.2, 0.25) is 0 Å². The molecule has 1 aliphatic carbocycles. The number of hydrogen-bond donors (Lipinski definition) is 2. The molecule has 15 heavy (non-hydrogen) atoms. The largest absolute Gasteiger partial charge is 0.309 e. The molecule has 0 radical (unpaired) electrons. The minimum absolute atomic E-state index is 0.0626. The molecule has 0 amide bonds. The Bertz CT molecular complexity index is 377. The van der Waals surface area contributed by atoms with E-state index in [-0.39, 0.29) is 5.78 Å². The maximum absolute atomic E-state index is 11.1. The Kier molecular flexibility index (Phi) is 2.37. The highest BCUT2D eigenvalue weighted by atomic mass is 16.1. The minimum atomic E-state index is -0.727. The molecular formula is C12H16N2O. The molecule has 80 valence electrons. The standard InChI is InChI=1S/C12H16N2O/c1-8(15)9-2-4-10(5-3-9)12(13,14)11-6-7-11/h2-5,11H,6-7,13-14H2,1H3. The van der Waals surface area contributed by atoms with Gasteiger partial charge in [0.05, 0.1) is 5.66 Å². The zero-order valence-electron chi connectivity index (χ0n) is 8.86. The van der Waals surface area contributed by atoms with Gasteiger partial charge >= 0.3 is 0 Å². The summed E-state index contributed by atoms with van der Waals surface area (Å²) in [5, 5.41) is 0. The van der Waals surface area contributed by atoms with Gasteiger partial charge in [-0.25, -0.2) is 0 Å². The summed E-state index contributed by atoms with van der Waals surface area (Å²) in [4.78, 5) is 11.1. The number of hydrogen-bond acceptors (Lipinski definition) is 3. The molecule has 0 unspecified atom stereocenters. The smallest absolute Gasteiger partial charge is 0.159 e. The van der Waals surface area contributed by atoms with Crippen molar-refractivity contribution in [1.29, 1.82) is 0 Å². The topological polar surface area (TPSA) is 69.1 Å². The molecule has 0 aromatic heterocycles. The highest BCUT2D eigenvalue weighted by molar-refractivity contribution is 5.94. The van der Waals surface area contributed by atoms with E-state index >= 15 is 0 Å². The summed E-state index contributed by atoms with van der Waals surface area (Å²) in [5.41, 5.74) is 13.0. The fourth-order valence-corrected chi connectivity index (χ4v) is 1.79. The van der Waals surface area contributed by atoms with E-state index in [1.807, 2.05) is 12.1 Å². The summed E-state index contributed by atoms with van der Waals surface area (Å²) < 4.78 is 0. The molecule has 0 spiro atoms. The lowest BCUT2D eigenvalue weighted by Gasteiger charge is -2.24. The molecule has 0 saturated heterocycles. The molecule has 0 bridgehead atoms. The van der Waals surface area contributed by atoms with E-state index in [0.717, 1.165) is 18.4 Å². The summed E-state index contributed by atoms with van der Waals surface area (Å²) >= 11 is 0. The second-order valence-electron chi connectivity index (χ2n) is 4.34. The molecule has 0 atom stereocenters. The number of carbonyl (C=O) groups excluding carboxylic acids is 1. The Morgan fingerprint density at radius 2 is 1.80 bits per heavy atom. The molecule has 1 aromatic carbocycles. The van der Waals surface area contributed by atoms with Crippen LogP contribution in [0.15, 0.2) is 24.3 Å². The van der Waals surface area contributed by atoms with Crippen molar-refractivity contribution in [3.8, 4) is 0 Å². The van der Waals surface area contributed by atoms with Crippen molar-refractivity contribution in [2.24, 2.45) is 17.4 Å². The summed E-state index contributed by atoms with van der Waals surface area (Å²) in [7, 11) is 0. The summed E-state index contributed by atoms with van der Waals surface area (Å²) in [6.45, 7) is 1.55. The zero-order chi connectivity index (χ0) is 11.1. The average Bonchev–Trinajstić information content (AvgIpc) is 3.01. The van der Waals surface area contributed by atoms with Crippen molar-refractivity contribution in [2.45, 2.75) is 25.4 Å². The summed E-state index contributed by atoms with van der Waals surface area (Å²) in [6, 6.07) is 7.28. The molecule has 1 aromatic rings. The lowest BCUT2D eigenvalue weighted by atomic mass is 9.95. The predicted octanol–water partition coefficient (Wildman–Crippen LogP) is 1.37. The zero-order valence-corrected chi connectivity index (χ0v) is 8.86. The lowest BCUT2D eigenvalue weighted by molar-refractivity contribution is 0.101. The van der Waals surface area contributed by atoms with Crippen molar-refractivity contribution in [3.05, 3.63) is 35.4 Å². The maximum Gasteiger partial charge on any atom is 0.159 e. The van der Waals surface area contributed by atoms with Gasteiger partial charge in [-0.15, -0.1) is 0 Å². The molecule has 3 nitrogen and oxygen atoms in total. The van der Waals surface area contributed by atoms with Gasteiger partial charge in [0.15, 0.2) is 5.78 Å². The van der Waals surface area contributed by atoms with Gasteiger partial charge in [-0.3, -0.25) is 4.79 Å². The van der Waals surface area contributed by atoms with Crippen LogP contribution < -0.4 is 11.5 Å². The number of benzene rings is 1. The fourth-order valence-electron chi connectivity index (χ4n) is 1.79. The van der Waals surface area contributed by atoms with Gasteiger partial charge in [0.2, 0.25) is 0 Å². The Morgan fingerprint density at radius 3 is 2.20 bits per heavy atom. The van der Waals surface area contributed by atoms with Crippen LogP contribution in [0.25, 0.3) is 0 Å². The summed E-state index contributed by atoms with van der Waals surface area (Å²) in [6.07, 6.45) is 2.20. The van der Waals surface area contributed by atoms with Gasteiger partial charge in [-0.2, -0.15) is 0 Å². The third-order valence-corrected chi connectivity index (χ3v) is 3.04. The van der Waals surface area contributed by atoms with Crippen molar-refractivity contribution in [3.63, 3.8) is 0 Å². The number of carbonyl (C=O) groups is 1. The molecule has 0 aliphatic heterocycles. The van der Waals surface area contributed by atoms with Gasteiger partial charge in [0.25, 0.3) is 0 Å². The van der Waals surface area contributed by atoms with E-state index in [1.165, 1.54) is 0 Å². The van der Waals surface area contributed by atoms with Gasteiger partial charge in [-0.05, 0) is 31.2 Å². The van der Waals surface area contributed by atoms with Crippen LogP contribution in [-0.4, -0.2) is 5.78 Å². The molecule has 2 rings (SSSR count). The first kappa shape index (κ1) is 10.3. The Morgan fingerprint density at radius 1 is 1.27 bits per heavy atom. The predicted molar refractivity (Wildman–Crippen MR) is 59.2 cm³/mol. The van der Waals surface area contributed by atoms with Crippen LogP contribution in [0.1, 0.15) is 35.7 Å². The Labute approximate surface area is 89.5 Å². The highest BCUT2D eigenvalue weighted by Crippen LogP contribution is 2.40. The lowest BCUT2D eigenvalue weighted by Crippen LogP contribution is -2.48. The fraction of sp³-hybridized carbons (Fsp3) is 0.417. The van der Waals surface area contributed by atoms with Crippen LogP contribution in [0, 0.1) is 5.92 Å². The van der Waals surface area contributed by atoms with Gasteiger partial charge in [0, 0.05) is 5.56 Å². The first-order chi connectivity index (χ1) is 7.01. The highest BCUT2D eigenvalue weighted by Gasteiger charge is 2.40. The molecule has 1 saturated carbocycles. The van der Waals surface area contributed by atoms with Crippen LogP contribution >= 0.6 is 0 Å². The van der Waals surface area contributed by atoms with E-state index in [1.54, 1.807) is 19.1 Å². The number of ketones is 1. The third-order valence-electron chi connectivity index (χ3n) is 3.04. The minimum Gasteiger partial charge on any atom is -0.309 e. The number of Topliss-reactive ketones (excluding diaryl/α,β-unsaturated/α-hetero) is 1. The molecule has 3 heteroatoms. The Balaban J connectivity index is 2.26.